The van der Waals surface area contributed by atoms with E-state index in [1.54, 1.807) is 26.4 Å². The van der Waals surface area contributed by atoms with Gasteiger partial charge >= 0.3 is 6.97 Å². The van der Waals surface area contributed by atoms with Crippen LogP contribution in [0, 0.1) is 0 Å². The molecule has 0 saturated carbocycles. The molecule has 0 amide bonds. The highest BCUT2D eigenvalue weighted by atomic mass is 19.2. The van der Waals surface area contributed by atoms with Crippen LogP contribution in [0.3, 0.4) is 0 Å². The van der Waals surface area contributed by atoms with Crippen molar-refractivity contribution in [2.24, 2.45) is 4.99 Å². The Balaban J connectivity index is 1.51. The van der Waals surface area contributed by atoms with E-state index in [1.165, 1.54) is 0 Å². The van der Waals surface area contributed by atoms with Crippen LogP contribution in [-0.4, -0.2) is 36.0 Å². The highest BCUT2D eigenvalue weighted by Crippen LogP contribution is 2.36. The first-order valence-corrected chi connectivity index (χ1v) is 13.0. The topological polar surface area (TPSA) is 38.8 Å². The molecule has 0 N–H and O–H groups in total. The molecule has 0 saturated heterocycles. The Morgan fingerprint density at radius 1 is 0.700 bits per heavy atom. The second-order valence-corrected chi connectivity index (χ2v) is 9.78. The number of rotatable bonds is 4. The molecule has 2 aliphatic heterocycles. The second kappa shape index (κ2) is 9.05. The van der Waals surface area contributed by atoms with Gasteiger partial charge in [-0.3, -0.25) is 0 Å². The Morgan fingerprint density at radius 2 is 1.25 bits per heavy atom. The molecule has 4 aromatic carbocycles. The van der Waals surface area contributed by atoms with Crippen LogP contribution < -0.4 is 20.3 Å². The number of ether oxygens (including phenoxy) is 2. The fourth-order valence-electron chi connectivity index (χ4n) is 5.63. The first kappa shape index (κ1) is 24.1. The van der Waals surface area contributed by atoms with Crippen molar-refractivity contribution in [3.05, 3.63) is 130 Å². The molecular weight excluding hydrogens is 507 g/mol. The summed E-state index contributed by atoms with van der Waals surface area (Å²) in [5.74, 6) is 1.66. The molecule has 0 atom stereocenters. The van der Waals surface area contributed by atoms with E-state index in [1.807, 2.05) is 97.1 Å². The van der Waals surface area contributed by atoms with Crippen LogP contribution >= 0.6 is 0 Å². The molecule has 3 heterocycles. The smallest absolute Gasteiger partial charge is 0.497 e. The van der Waals surface area contributed by atoms with Crippen molar-refractivity contribution in [1.82, 2.24) is 4.48 Å². The first-order chi connectivity index (χ1) is 19.5. The minimum atomic E-state index is -4.33. The van der Waals surface area contributed by atoms with Gasteiger partial charge in [-0.2, -0.15) is 0 Å². The second-order valence-electron chi connectivity index (χ2n) is 9.78. The van der Waals surface area contributed by atoms with Crippen molar-refractivity contribution >= 4 is 41.4 Å². The molecule has 0 spiro atoms. The number of fused-ring (bicyclic) bond motifs is 5. The van der Waals surface area contributed by atoms with Crippen molar-refractivity contribution in [3.63, 3.8) is 0 Å². The summed E-state index contributed by atoms with van der Waals surface area (Å²) in [6.07, 6.45) is 3.58. The number of amidine groups is 1. The number of halogens is 2. The van der Waals surface area contributed by atoms with Crippen molar-refractivity contribution in [2.75, 3.05) is 14.2 Å². The van der Waals surface area contributed by atoms with E-state index in [9.17, 15) is 0 Å². The molecule has 7 rings (SSSR count). The Morgan fingerprint density at radius 3 is 1.88 bits per heavy atom. The lowest BCUT2D eigenvalue weighted by molar-refractivity contribution is -0.319. The molecule has 5 aromatic rings. The van der Waals surface area contributed by atoms with Crippen molar-refractivity contribution in [2.45, 2.75) is 0 Å². The number of aromatic nitrogens is 1. The minimum absolute atomic E-state index is 0.257. The molecular formula is C32H24BF2N3O2. The Bertz CT molecular complexity index is 1990. The highest BCUT2D eigenvalue weighted by Gasteiger charge is 2.51. The zero-order chi connectivity index (χ0) is 27.4. The average molecular weight is 531 g/mol. The third-order valence-corrected chi connectivity index (χ3v) is 7.53. The zero-order valence-electron chi connectivity index (χ0n) is 21.9. The molecule has 1 aromatic heterocycles. The number of hydrogen-bond acceptors (Lipinski definition) is 3. The van der Waals surface area contributed by atoms with Gasteiger partial charge in [0.25, 0.3) is 5.84 Å². The van der Waals surface area contributed by atoms with Crippen LogP contribution in [0.1, 0.15) is 22.3 Å². The lowest BCUT2D eigenvalue weighted by Gasteiger charge is -2.28. The fraction of sp³-hybridized carbons (Fsp3) is 0.0625. The molecule has 5 nitrogen and oxygen atoms in total. The van der Waals surface area contributed by atoms with Crippen LogP contribution in [0.5, 0.6) is 11.5 Å². The van der Waals surface area contributed by atoms with E-state index in [2.05, 4.69) is 0 Å². The van der Waals surface area contributed by atoms with E-state index >= 15 is 8.63 Å². The van der Waals surface area contributed by atoms with Gasteiger partial charge in [-0.25, -0.2) is 0 Å². The summed E-state index contributed by atoms with van der Waals surface area (Å²) in [5, 5.41) is 1.80. The summed E-state index contributed by atoms with van der Waals surface area (Å²) in [6.45, 7) is -4.33. The van der Waals surface area contributed by atoms with E-state index in [0.717, 1.165) is 31.0 Å². The summed E-state index contributed by atoms with van der Waals surface area (Å²) in [6, 6.07) is 29.6. The lowest BCUT2D eigenvalue weighted by atomic mass is 9.93. The Labute approximate surface area is 229 Å². The molecule has 0 radical (unpaired) electrons. The van der Waals surface area contributed by atoms with Gasteiger partial charge in [0.2, 0.25) is 5.49 Å². The Kier molecular flexibility index (Phi) is 5.45. The van der Waals surface area contributed by atoms with Gasteiger partial charge in [-0.05, 0) is 70.7 Å². The maximum absolute atomic E-state index is 17.1. The SMILES string of the molecule is COc1ccc(/C=C2\c3ccccc3C3=[N+]2[B-](F)(F)n2c(c4ccccc4/c2=C\c2ccc(OC)cc2)=N3)cc1. The van der Waals surface area contributed by atoms with Crippen molar-refractivity contribution < 1.29 is 22.6 Å². The summed E-state index contributed by atoms with van der Waals surface area (Å²) in [4.78, 5) is 4.92. The number of nitrogens with zero attached hydrogens (tertiary/aromatic N) is 3. The monoisotopic (exact) mass is 531 g/mol. The van der Waals surface area contributed by atoms with Crippen LogP contribution in [0.2, 0.25) is 0 Å². The minimum Gasteiger partial charge on any atom is -0.497 e. The van der Waals surface area contributed by atoms with E-state index < -0.39 is 6.97 Å². The zero-order valence-corrected chi connectivity index (χ0v) is 21.9. The van der Waals surface area contributed by atoms with Crippen LogP contribution in [0.25, 0.3) is 28.6 Å². The number of methoxy groups -OCH3 is 2. The standard InChI is InChI=1S/C32H24BF2N3O2/c1-39-23-15-11-21(12-16-23)19-29-25-7-3-5-9-27(25)31-36-32-28-10-6-4-8-26(28)30(38(32)33(34,35)37(29)31)20-22-13-17-24(40-2)18-14-22/h3-20H,1-2H3/b29-19+,30-20+. The summed E-state index contributed by atoms with van der Waals surface area (Å²) >= 11 is 0. The maximum Gasteiger partial charge on any atom is 0.642 e. The number of hydrogen-bond donors (Lipinski definition) is 0. The van der Waals surface area contributed by atoms with Gasteiger partial charge in [0.05, 0.1) is 25.5 Å². The predicted octanol–water partition coefficient (Wildman–Crippen LogP) is 5.31. The molecule has 196 valence electrons. The first-order valence-electron chi connectivity index (χ1n) is 13.0. The average Bonchev–Trinajstić information content (AvgIpc) is 3.48. The quantitative estimate of drug-likeness (QED) is 0.295. The summed E-state index contributed by atoms with van der Waals surface area (Å²) in [5.41, 5.74) is 3.63. The summed E-state index contributed by atoms with van der Waals surface area (Å²) < 4.78 is 46.9. The van der Waals surface area contributed by atoms with Gasteiger partial charge in [0, 0.05) is 21.7 Å². The third-order valence-electron chi connectivity index (χ3n) is 7.53. The third kappa shape index (κ3) is 3.60. The number of benzene rings is 4. The van der Waals surface area contributed by atoms with Gasteiger partial charge in [-0.15, -0.1) is 0 Å². The highest BCUT2D eigenvalue weighted by molar-refractivity contribution is 6.58. The Hall–Kier alpha value is -4.98. The molecule has 0 unspecified atom stereocenters. The molecule has 8 heteroatoms. The van der Waals surface area contributed by atoms with Crippen molar-refractivity contribution in [3.8, 4) is 11.5 Å². The predicted molar refractivity (Wildman–Crippen MR) is 154 cm³/mol. The fourth-order valence-corrected chi connectivity index (χ4v) is 5.63. The van der Waals surface area contributed by atoms with Gasteiger partial charge in [0.15, 0.2) is 0 Å². The normalized spacial score (nSPS) is 16.5. The van der Waals surface area contributed by atoms with Gasteiger partial charge < -0.3 is 27.1 Å². The molecule has 0 fully saturated rings. The largest absolute Gasteiger partial charge is 0.642 e. The van der Waals surface area contributed by atoms with Crippen molar-refractivity contribution in [1.29, 1.82) is 0 Å². The van der Waals surface area contributed by atoms with E-state index in [-0.39, 0.29) is 11.3 Å². The van der Waals surface area contributed by atoms with Gasteiger partial charge in [0.1, 0.15) is 11.5 Å². The lowest BCUT2D eigenvalue weighted by Crippen LogP contribution is -2.58. The van der Waals surface area contributed by atoms with Crippen LogP contribution in [0.15, 0.2) is 102 Å². The molecule has 40 heavy (non-hydrogen) atoms. The van der Waals surface area contributed by atoms with E-state index in [4.69, 9.17) is 14.5 Å². The van der Waals surface area contributed by atoms with E-state index in [0.29, 0.717) is 33.5 Å². The van der Waals surface area contributed by atoms with Crippen LogP contribution in [0.4, 0.5) is 8.63 Å². The van der Waals surface area contributed by atoms with Crippen LogP contribution in [-0.2, 0) is 0 Å². The molecule has 2 aliphatic rings. The summed E-state index contributed by atoms with van der Waals surface area (Å²) in [7, 11) is 3.19. The molecule has 0 aliphatic carbocycles. The maximum atomic E-state index is 17.1. The van der Waals surface area contributed by atoms with Gasteiger partial charge in [-0.1, -0.05) is 54.6 Å². The molecule has 0 bridgehead atoms.